The van der Waals surface area contributed by atoms with Gasteiger partial charge in [0.15, 0.2) is 0 Å². The van der Waals surface area contributed by atoms with E-state index in [-0.39, 0.29) is 29.2 Å². The summed E-state index contributed by atoms with van der Waals surface area (Å²) < 4.78 is 26.9. The number of carbonyl (C=O) groups is 2. The van der Waals surface area contributed by atoms with Gasteiger partial charge in [-0.1, -0.05) is 17.7 Å². The van der Waals surface area contributed by atoms with Gasteiger partial charge < -0.3 is 10.2 Å². The molecule has 0 aliphatic carbocycles. The molecule has 1 unspecified atom stereocenters. The summed E-state index contributed by atoms with van der Waals surface area (Å²) in [5.41, 5.74) is 2.37. The van der Waals surface area contributed by atoms with Crippen molar-refractivity contribution in [2.24, 2.45) is 5.92 Å². The second-order valence-electron chi connectivity index (χ2n) is 7.53. The van der Waals surface area contributed by atoms with Gasteiger partial charge >= 0.3 is 0 Å². The number of amides is 2. The van der Waals surface area contributed by atoms with E-state index >= 15 is 0 Å². The van der Waals surface area contributed by atoms with E-state index in [4.69, 9.17) is 0 Å². The Kier molecular flexibility index (Phi) is 6.04. The van der Waals surface area contributed by atoms with Gasteiger partial charge in [0, 0.05) is 30.4 Å². The van der Waals surface area contributed by atoms with Gasteiger partial charge in [-0.2, -0.15) is 0 Å². The van der Waals surface area contributed by atoms with E-state index in [2.05, 4.69) is 10.0 Å². The maximum absolute atomic E-state index is 12.6. The third-order valence-electron chi connectivity index (χ3n) is 4.66. The molecule has 3 rings (SSSR count). The van der Waals surface area contributed by atoms with Crippen LogP contribution >= 0.6 is 0 Å². The van der Waals surface area contributed by atoms with Crippen molar-refractivity contribution in [2.45, 2.75) is 38.1 Å². The molecule has 1 fully saturated rings. The quantitative estimate of drug-likeness (QED) is 0.758. The molecule has 7 nitrogen and oxygen atoms in total. The normalized spacial score (nSPS) is 17.0. The summed E-state index contributed by atoms with van der Waals surface area (Å²) in [6, 6.07) is 13.4. The number of benzene rings is 2. The van der Waals surface area contributed by atoms with E-state index in [9.17, 15) is 18.0 Å². The first-order valence-electron chi connectivity index (χ1n) is 9.46. The lowest BCUT2D eigenvalue weighted by atomic mass is 10.1. The Hall–Kier alpha value is -2.71. The Bertz CT molecular complexity index is 999. The number of hydrogen-bond acceptors (Lipinski definition) is 4. The van der Waals surface area contributed by atoms with Crippen LogP contribution < -0.4 is 14.9 Å². The van der Waals surface area contributed by atoms with Crippen LogP contribution in [-0.2, 0) is 19.6 Å². The summed E-state index contributed by atoms with van der Waals surface area (Å²) in [7, 11) is -3.58. The van der Waals surface area contributed by atoms with Crippen LogP contribution in [0.25, 0.3) is 0 Å². The van der Waals surface area contributed by atoms with Crippen LogP contribution in [-0.4, -0.2) is 32.8 Å². The number of carbonyl (C=O) groups excluding carboxylic acids is 2. The molecular formula is C21H25N3O4S. The summed E-state index contributed by atoms with van der Waals surface area (Å²) in [5, 5.41) is 2.77. The largest absolute Gasteiger partial charge is 0.326 e. The average Bonchev–Trinajstić information content (AvgIpc) is 3.04. The molecule has 0 radical (unpaired) electrons. The Morgan fingerprint density at radius 2 is 1.69 bits per heavy atom. The highest BCUT2D eigenvalue weighted by molar-refractivity contribution is 7.89. The molecule has 0 spiro atoms. The number of anilines is 2. The molecule has 154 valence electrons. The highest BCUT2D eigenvalue weighted by atomic mass is 32.2. The predicted molar refractivity (Wildman–Crippen MR) is 112 cm³/mol. The van der Waals surface area contributed by atoms with Crippen LogP contribution in [0, 0.1) is 12.8 Å². The fraction of sp³-hybridized carbons (Fsp3) is 0.333. The van der Waals surface area contributed by atoms with Crippen LogP contribution in [0.4, 0.5) is 11.4 Å². The van der Waals surface area contributed by atoms with Gasteiger partial charge in [-0.05, 0) is 57.2 Å². The number of sulfonamides is 1. The van der Waals surface area contributed by atoms with Crippen LogP contribution in [0.15, 0.2) is 53.4 Å². The number of rotatable bonds is 6. The Morgan fingerprint density at radius 1 is 1.07 bits per heavy atom. The number of nitrogens with one attached hydrogen (secondary N) is 2. The van der Waals surface area contributed by atoms with Crippen molar-refractivity contribution in [3.05, 3.63) is 54.1 Å². The van der Waals surface area contributed by atoms with E-state index in [0.717, 1.165) is 11.3 Å². The molecule has 2 aromatic rings. The van der Waals surface area contributed by atoms with E-state index in [1.807, 2.05) is 31.2 Å². The van der Waals surface area contributed by atoms with Crippen LogP contribution in [0.2, 0.25) is 0 Å². The minimum atomic E-state index is -3.58. The van der Waals surface area contributed by atoms with Crippen molar-refractivity contribution in [1.29, 1.82) is 0 Å². The zero-order chi connectivity index (χ0) is 21.2. The molecule has 1 aliphatic rings. The maximum atomic E-state index is 12.6. The fourth-order valence-corrected chi connectivity index (χ4v) is 4.45. The molecule has 29 heavy (non-hydrogen) atoms. The zero-order valence-electron chi connectivity index (χ0n) is 16.7. The summed E-state index contributed by atoms with van der Waals surface area (Å²) in [6.45, 7) is 5.78. The van der Waals surface area contributed by atoms with Crippen molar-refractivity contribution >= 4 is 33.2 Å². The molecule has 8 heteroatoms. The Labute approximate surface area is 171 Å². The first-order valence-corrected chi connectivity index (χ1v) is 10.9. The molecule has 2 N–H and O–H groups in total. The van der Waals surface area contributed by atoms with E-state index in [1.165, 1.54) is 12.1 Å². The van der Waals surface area contributed by atoms with Crippen molar-refractivity contribution in [3.63, 3.8) is 0 Å². The summed E-state index contributed by atoms with van der Waals surface area (Å²) in [5.74, 6) is -0.811. The molecule has 1 aliphatic heterocycles. The van der Waals surface area contributed by atoms with Gasteiger partial charge in [-0.25, -0.2) is 13.1 Å². The molecule has 1 saturated heterocycles. The highest BCUT2D eigenvalue weighted by Crippen LogP contribution is 2.26. The molecular weight excluding hydrogens is 390 g/mol. The van der Waals surface area contributed by atoms with Gasteiger partial charge in [-0.3, -0.25) is 9.59 Å². The summed E-state index contributed by atoms with van der Waals surface area (Å²) in [4.78, 5) is 26.7. The molecule has 2 amide bonds. The second kappa shape index (κ2) is 8.34. The standard InChI is InChI=1S/C21H25N3O4S/c1-14(2)23-29(27,28)19-10-6-17(7-11-19)22-21(26)16-12-20(25)24(13-16)18-8-4-15(3)5-9-18/h4-11,14,16,23H,12-13H2,1-3H3,(H,22,26). The number of nitrogens with zero attached hydrogens (tertiary/aromatic N) is 1. The molecule has 0 bridgehead atoms. The first kappa shape index (κ1) is 21.0. The van der Waals surface area contributed by atoms with Crippen molar-refractivity contribution in [1.82, 2.24) is 4.72 Å². The molecule has 1 heterocycles. The van der Waals surface area contributed by atoms with E-state index in [1.54, 1.807) is 30.9 Å². The highest BCUT2D eigenvalue weighted by Gasteiger charge is 2.35. The smallest absolute Gasteiger partial charge is 0.240 e. The van der Waals surface area contributed by atoms with Crippen LogP contribution in [0.3, 0.4) is 0 Å². The minimum absolute atomic E-state index is 0.0878. The maximum Gasteiger partial charge on any atom is 0.240 e. The summed E-state index contributed by atoms with van der Waals surface area (Å²) in [6.07, 6.45) is 0.143. The Morgan fingerprint density at radius 3 is 2.28 bits per heavy atom. The van der Waals surface area contributed by atoms with Gasteiger partial charge in [-0.15, -0.1) is 0 Å². The second-order valence-corrected chi connectivity index (χ2v) is 9.24. The van der Waals surface area contributed by atoms with Gasteiger partial charge in [0.05, 0.1) is 10.8 Å². The SMILES string of the molecule is Cc1ccc(N2CC(C(=O)Nc3ccc(S(=O)(=O)NC(C)C)cc3)CC2=O)cc1. The fourth-order valence-electron chi connectivity index (χ4n) is 3.20. The summed E-state index contributed by atoms with van der Waals surface area (Å²) >= 11 is 0. The lowest BCUT2D eigenvalue weighted by Crippen LogP contribution is -2.30. The van der Waals surface area contributed by atoms with Crippen LogP contribution in [0.1, 0.15) is 25.8 Å². The number of aryl methyl sites for hydroxylation is 1. The first-order chi connectivity index (χ1) is 13.7. The minimum Gasteiger partial charge on any atom is -0.326 e. The number of hydrogen-bond donors (Lipinski definition) is 2. The van der Waals surface area contributed by atoms with Gasteiger partial charge in [0.25, 0.3) is 0 Å². The lowest BCUT2D eigenvalue weighted by molar-refractivity contribution is -0.122. The van der Waals surface area contributed by atoms with Crippen LogP contribution in [0.5, 0.6) is 0 Å². The van der Waals surface area contributed by atoms with E-state index in [0.29, 0.717) is 12.2 Å². The third-order valence-corrected chi connectivity index (χ3v) is 6.34. The van der Waals surface area contributed by atoms with Gasteiger partial charge in [0.2, 0.25) is 21.8 Å². The zero-order valence-corrected chi connectivity index (χ0v) is 17.5. The average molecular weight is 416 g/mol. The van der Waals surface area contributed by atoms with Crippen molar-refractivity contribution in [2.75, 3.05) is 16.8 Å². The topological polar surface area (TPSA) is 95.6 Å². The van der Waals surface area contributed by atoms with Gasteiger partial charge in [0.1, 0.15) is 0 Å². The monoisotopic (exact) mass is 415 g/mol. The lowest BCUT2D eigenvalue weighted by Gasteiger charge is -2.17. The van der Waals surface area contributed by atoms with Crippen molar-refractivity contribution in [3.8, 4) is 0 Å². The predicted octanol–water partition coefficient (Wildman–Crippen LogP) is 2.67. The third kappa shape index (κ3) is 5.02. The molecule has 2 aromatic carbocycles. The van der Waals surface area contributed by atoms with E-state index < -0.39 is 15.9 Å². The molecule has 1 atom stereocenters. The van der Waals surface area contributed by atoms with Crippen molar-refractivity contribution < 1.29 is 18.0 Å². The molecule has 0 aromatic heterocycles. The molecule has 0 saturated carbocycles. The Balaban J connectivity index is 1.65.